The Hall–Kier alpha value is -0.160. The van der Waals surface area contributed by atoms with Gasteiger partial charge >= 0.3 is 0 Å². The highest BCUT2D eigenvalue weighted by molar-refractivity contribution is 4.85. The van der Waals surface area contributed by atoms with E-state index in [1.54, 1.807) is 7.11 Å². The summed E-state index contributed by atoms with van der Waals surface area (Å²) in [5.74, 6) is 0.694. The van der Waals surface area contributed by atoms with Crippen LogP contribution in [0.2, 0.25) is 0 Å². The first-order valence-corrected chi connectivity index (χ1v) is 7.20. The van der Waals surface area contributed by atoms with E-state index < -0.39 is 0 Å². The summed E-state index contributed by atoms with van der Waals surface area (Å²) in [6, 6.07) is 0. The first-order valence-electron chi connectivity index (χ1n) is 7.20. The highest BCUT2D eigenvalue weighted by Crippen LogP contribution is 2.18. The smallest absolute Gasteiger partial charge is 0.0611 e. The molecule has 1 saturated heterocycles. The van der Waals surface area contributed by atoms with Crippen LogP contribution in [0, 0.1) is 5.92 Å². The molecule has 0 radical (unpaired) electrons. The molecule has 4 heteroatoms. The topological polar surface area (TPSA) is 44.7 Å². The first-order chi connectivity index (χ1) is 8.63. The van der Waals surface area contributed by atoms with Crippen molar-refractivity contribution in [1.29, 1.82) is 0 Å². The third-order valence-corrected chi connectivity index (χ3v) is 3.90. The van der Waals surface area contributed by atoms with Crippen molar-refractivity contribution in [2.45, 2.75) is 38.6 Å². The van der Waals surface area contributed by atoms with Crippen molar-refractivity contribution >= 4 is 0 Å². The number of nitrogens with zero attached hydrogens (tertiary/aromatic N) is 1. The predicted molar refractivity (Wildman–Crippen MR) is 74.8 cm³/mol. The minimum absolute atomic E-state index is 0.130. The number of methoxy groups -OCH3 is 1. The van der Waals surface area contributed by atoms with Gasteiger partial charge in [0, 0.05) is 19.2 Å². The van der Waals surface area contributed by atoms with Gasteiger partial charge in [-0.2, -0.15) is 0 Å². The Labute approximate surface area is 112 Å². The molecule has 0 amide bonds. The lowest BCUT2D eigenvalue weighted by Crippen LogP contribution is -2.48. The number of likely N-dealkylation sites (tertiary alicyclic amines) is 1. The van der Waals surface area contributed by atoms with E-state index in [1.165, 1.54) is 13.0 Å². The molecular weight excluding hydrogens is 228 g/mol. The fraction of sp³-hybridized carbons (Fsp3) is 1.00. The molecule has 108 valence electrons. The molecule has 0 aromatic rings. The van der Waals surface area contributed by atoms with Gasteiger partial charge in [-0.25, -0.2) is 0 Å². The van der Waals surface area contributed by atoms with E-state index in [0.29, 0.717) is 5.92 Å². The van der Waals surface area contributed by atoms with Gasteiger partial charge in [0.25, 0.3) is 0 Å². The first kappa shape index (κ1) is 15.9. The molecule has 2 unspecified atom stereocenters. The van der Waals surface area contributed by atoms with Gasteiger partial charge in [0.05, 0.1) is 13.2 Å². The van der Waals surface area contributed by atoms with Crippen LogP contribution in [0.3, 0.4) is 0 Å². The van der Waals surface area contributed by atoms with Crippen LogP contribution in [-0.4, -0.2) is 62.0 Å². The Balaban J connectivity index is 2.26. The zero-order valence-corrected chi connectivity index (χ0v) is 12.2. The molecule has 1 rings (SSSR count). The molecular formula is C14H30N2O2. The molecule has 1 fully saturated rings. The van der Waals surface area contributed by atoms with Crippen molar-refractivity contribution in [2.24, 2.45) is 5.92 Å². The van der Waals surface area contributed by atoms with Crippen molar-refractivity contribution in [3.8, 4) is 0 Å². The Morgan fingerprint density at radius 3 is 2.89 bits per heavy atom. The van der Waals surface area contributed by atoms with E-state index in [1.807, 2.05) is 0 Å². The van der Waals surface area contributed by atoms with Crippen LogP contribution in [-0.2, 0) is 4.74 Å². The van der Waals surface area contributed by atoms with E-state index in [2.05, 4.69) is 24.1 Å². The van der Waals surface area contributed by atoms with Gasteiger partial charge < -0.3 is 20.1 Å². The quantitative estimate of drug-likeness (QED) is 0.650. The summed E-state index contributed by atoms with van der Waals surface area (Å²) in [5, 5.41) is 13.0. The van der Waals surface area contributed by atoms with E-state index in [0.717, 1.165) is 39.1 Å². The lowest BCUT2D eigenvalue weighted by Gasteiger charge is -2.31. The number of nitrogens with one attached hydrogen (secondary N) is 1. The number of rotatable bonds is 9. The lowest BCUT2D eigenvalue weighted by atomic mass is 9.98. The van der Waals surface area contributed by atoms with Gasteiger partial charge in [-0.1, -0.05) is 6.92 Å². The molecule has 4 nitrogen and oxygen atoms in total. The summed E-state index contributed by atoms with van der Waals surface area (Å²) in [7, 11) is 1.78. The van der Waals surface area contributed by atoms with Gasteiger partial charge in [-0.15, -0.1) is 0 Å². The van der Waals surface area contributed by atoms with Crippen LogP contribution >= 0.6 is 0 Å². The van der Waals surface area contributed by atoms with E-state index in [9.17, 15) is 5.11 Å². The van der Waals surface area contributed by atoms with Gasteiger partial charge in [-0.05, 0) is 51.7 Å². The minimum atomic E-state index is -0.130. The van der Waals surface area contributed by atoms with Crippen molar-refractivity contribution in [3.05, 3.63) is 0 Å². The van der Waals surface area contributed by atoms with Crippen LogP contribution in [0.5, 0.6) is 0 Å². The minimum Gasteiger partial charge on any atom is -0.394 e. The fourth-order valence-electron chi connectivity index (χ4n) is 2.54. The number of hydrogen-bond donors (Lipinski definition) is 2. The third-order valence-electron chi connectivity index (χ3n) is 3.90. The predicted octanol–water partition coefficient (Wildman–Crippen LogP) is 1.10. The lowest BCUT2D eigenvalue weighted by molar-refractivity contribution is 0.140. The Bertz CT molecular complexity index is 226. The standard InChI is InChI=1S/C14H30N2O2/c1-4-7-15-14(2,12-17)6-9-16-8-5-13(10-16)11-18-3/h13,15,17H,4-12H2,1-3H3. The molecule has 0 spiro atoms. The average Bonchev–Trinajstić information content (AvgIpc) is 2.82. The van der Waals surface area contributed by atoms with Crippen molar-refractivity contribution in [3.63, 3.8) is 0 Å². The van der Waals surface area contributed by atoms with Gasteiger partial charge in [-0.3, -0.25) is 0 Å². The molecule has 0 aliphatic carbocycles. The van der Waals surface area contributed by atoms with Crippen LogP contribution in [0.15, 0.2) is 0 Å². The number of aliphatic hydroxyl groups excluding tert-OH is 1. The van der Waals surface area contributed by atoms with Crippen LogP contribution < -0.4 is 5.32 Å². The SMILES string of the molecule is CCCNC(C)(CO)CCN1CCC(COC)C1. The molecule has 1 aliphatic rings. The number of aliphatic hydroxyl groups is 1. The van der Waals surface area contributed by atoms with E-state index in [-0.39, 0.29) is 12.1 Å². The third kappa shape index (κ3) is 5.22. The summed E-state index contributed by atoms with van der Waals surface area (Å²) in [6.45, 7) is 9.71. The van der Waals surface area contributed by atoms with E-state index >= 15 is 0 Å². The zero-order chi connectivity index (χ0) is 13.4. The maximum Gasteiger partial charge on any atom is 0.0611 e. The summed E-state index contributed by atoms with van der Waals surface area (Å²) in [4.78, 5) is 2.49. The largest absolute Gasteiger partial charge is 0.394 e. The molecule has 1 heterocycles. The molecule has 1 aliphatic heterocycles. The van der Waals surface area contributed by atoms with Crippen LogP contribution in [0.25, 0.3) is 0 Å². The summed E-state index contributed by atoms with van der Waals surface area (Å²) in [6.07, 6.45) is 3.35. The second-order valence-corrected chi connectivity index (χ2v) is 5.81. The molecule has 0 saturated carbocycles. The Kier molecular flexibility index (Phi) is 7.15. The molecule has 18 heavy (non-hydrogen) atoms. The van der Waals surface area contributed by atoms with Gasteiger partial charge in [0.2, 0.25) is 0 Å². The summed E-state index contributed by atoms with van der Waals surface area (Å²) < 4.78 is 5.21. The monoisotopic (exact) mass is 258 g/mol. The molecule has 0 bridgehead atoms. The highest BCUT2D eigenvalue weighted by atomic mass is 16.5. The molecule has 2 atom stereocenters. The summed E-state index contributed by atoms with van der Waals surface area (Å²) >= 11 is 0. The normalized spacial score (nSPS) is 24.3. The van der Waals surface area contributed by atoms with Crippen LogP contribution in [0.1, 0.15) is 33.1 Å². The maximum atomic E-state index is 9.52. The van der Waals surface area contributed by atoms with Crippen molar-refractivity contribution in [1.82, 2.24) is 10.2 Å². The van der Waals surface area contributed by atoms with Crippen molar-refractivity contribution in [2.75, 3.05) is 46.5 Å². The second kappa shape index (κ2) is 8.10. The average molecular weight is 258 g/mol. The number of ether oxygens (including phenoxy) is 1. The highest BCUT2D eigenvalue weighted by Gasteiger charge is 2.26. The molecule has 0 aromatic carbocycles. The summed E-state index contributed by atoms with van der Waals surface area (Å²) in [5.41, 5.74) is -0.130. The van der Waals surface area contributed by atoms with Crippen LogP contribution in [0.4, 0.5) is 0 Å². The molecule has 0 aromatic heterocycles. The molecule has 2 N–H and O–H groups in total. The van der Waals surface area contributed by atoms with Gasteiger partial charge in [0.15, 0.2) is 0 Å². The van der Waals surface area contributed by atoms with Gasteiger partial charge in [0.1, 0.15) is 0 Å². The van der Waals surface area contributed by atoms with Crippen molar-refractivity contribution < 1.29 is 9.84 Å². The van der Waals surface area contributed by atoms with E-state index in [4.69, 9.17) is 4.74 Å². The Morgan fingerprint density at radius 1 is 1.50 bits per heavy atom. The maximum absolute atomic E-state index is 9.52. The Morgan fingerprint density at radius 2 is 2.28 bits per heavy atom. The fourth-order valence-corrected chi connectivity index (χ4v) is 2.54. The second-order valence-electron chi connectivity index (χ2n) is 5.81. The zero-order valence-electron chi connectivity index (χ0n) is 12.2. The number of hydrogen-bond acceptors (Lipinski definition) is 4.